The van der Waals surface area contributed by atoms with Crippen molar-refractivity contribution in [3.05, 3.63) is 70.7 Å². The van der Waals surface area contributed by atoms with Gasteiger partial charge in [-0.3, -0.25) is 9.59 Å². The van der Waals surface area contributed by atoms with E-state index < -0.39 is 6.04 Å². The van der Waals surface area contributed by atoms with Crippen LogP contribution in [0.25, 0.3) is 0 Å². The molecule has 2 aromatic rings. The highest BCUT2D eigenvalue weighted by Gasteiger charge is 2.26. The molecule has 2 aromatic carbocycles. The number of nitrogens with one attached hydrogen (secondary N) is 1. The van der Waals surface area contributed by atoms with Gasteiger partial charge >= 0.3 is 0 Å². The zero-order valence-electron chi connectivity index (χ0n) is 17.2. The van der Waals surface area contributed by atoms with Gasteiger partial charge in [0.2, 0.25) is 11.8 Å². The van der Waals surface area contributed by atoms with Crippen LogP contribution in [-0.2, 0) is 21.9 Å². The van der Waals surface area contributed by atoms with Crippen LogP contribution < -0.4 is 5.32 Å². The smallest absolute Gasteiger partial charge is 0.242 e. The molecule has 0 spiro atoms. The molecule has 0 fully saturated rings. The van der Waals surface area contributed by atoms with E-state index in [4.69, 9.17) is 11.6 Å². The summed E-state index contributed by atoms with van der Waals surface area (Å²) in [7, 11) is 0. The van der Waals surface area contributed by atoms with Crippen LogP contribution in [0.1, 0.15) is 38.3 Å². The van der Waals surface area contributed by atoms with E-state index in [0.717, 1.165) is 23.3 Å². The average Bonchev–Trinajstić information content (AvgIpc) is 2.73. The van der Waals surface area contributed by atoms with Crippen molar-refractivity contribution in [2.45, 2.75) is 51.6 Å². The van der Waals surface area contributed by atoms with Crippen molar-refractivity contribution < 1.29 is 9.59 Å². The van der Waals surface area contributed by atoms with Gasteiger partial charge in [0, 0.05) is 23.4 Å². The van der Waals surface area contributed by atoms with Gasteiger partial charge in [-0.2, -0.15) is 0 Å². The molecule has 0 aliphatic carbocycles. The molecular weight excluding hydrogens is 404 g/mol. The second-order valence-corrected chi connectivity index (χ2v) is 8.54. The van der Waals surface area contributed by atoms with Crippen molar-refractivity contribution in [2.24, 2.45) is 0 Å². The Morgan fingerprint density at radius 1 is 1.03 bits per heavy atom. The number of benzene rings is 2. The summed E-state index contributed by atoms with van der Waals surface area (Å²) in [5, 5.41) is 3.68. The lowest BCUT2D eigenvalue weighted by atomic mass is 10.1. The van der Waals surface area contributed by atoms with E-state index in [-0.39, 0.29) is 17.9 Å². The maximum atomic E-state index is 13.0. The minimum absolute atomic E-state index is 0.0420. The number of hydrogen-bond donors (Lipinski definition) is 1. The van der Waals surface area contributed by atoms with Gasteiger partial charge in [-0.1, -0.05) is 61.0 Å². The average molecular weight is 433 g/mol. The van der Waals surface area contributed by atoms with Crippen LogP contribution in [0, 0.1) is 0 Å². The van der Waals surface area contributed by atoms with Crippen LogP contribution in [-0.4, -0.2) is 34.6 Å². The molecule has 0 unspecified atom stereocenters. The zero-order valence-corrected chi connectivity index (χ0v) is 18.8. The van der Waals surface area contributed by atoms with Crippen LogP contribution in [0.2, 0.25) is 5.02 Å². The van der Waals surface area contributed by atoms with Gasteiger partial charge in [0.15, 0.2) is 0 Å². The second kappa shape index (κ2) is 11.9. The Hall–Kier alpha value is -1.98. The number of rotatable bonds is 10. The van der Waals surface area contributed by atoms with E-state index in [1.165, 1.54) is 0 Å². The van der Waals surface area contributed by atoms with Gasteiger partial charge in [-0.25, -0.2) is 0 Å². The second-order valence-electron chi connectivity index (χ2n) is 7.12. The fourth-order valence-corrected chi connectivity index (χ4v) is 3.74. The standard InChI is InChI=1S/C23H29ClN2O2S/c1-4-17(2)25-23(28)18(3)26(14-19-8-6-5-7-9-19)22(27)16-29-15-20-10-12-21(24)13-11-20/h5-13,17-18H,4,14-16H2,1-3H3,(H,25,28)/t17-,18+/m0/s1. The lowest BCUT2D eigenvalue weighted by Gasteiger charge is -2.29. The molecule has 2 amide bonds. The van der Waals surface area contributed by atoms with Crippen molar-refractivity contribution in [1.29, 1.82) is 0 Å². The fraction of sp³-hybridized carbons (Fsp3) is 0.391. The number of amides is 2. The molecule has 0 heterocycles. The summed E-state index contributed by atoms with van der Waals surface area (Å²) >= 11 is 7.46. The molecule has 29 heavy (non-hydrogen) atoms. The largest absolute Gasteiger partial charge is 0.352 e. The highest BCUT2D eigenvalue weighted by atomic mass is 35.5. The van der Waals surface area contributed by atoms with Crippen LogP contribution in [0.15, 0.2) is 54.6 Å². The van der Waals surface area contributed by atoms with Gasteiger partial charge in [0.05, 0.1) is 5.75 Å². The Morgan fingerprint density at radius 2 is 1.69 bits per heavy atom. The first-order chi connectivity index (χ1) is 13.9. The van der Waals surface area contributed by atoms with Crippen LogP contribution in [0.5, 0.6) is 0 Å². The summed E-state index contributed by atoms with van der Waals surface area (Å²) in [4.78, 5) is 27.3. The molecule has 0 aliphatic heterocycles. The monoisotopic (exact) mass is 432 g/mol. The predicted octanol–water partition coefficient (Wildman–Crippen LogP) is 4.91. The van der Waals surface area contributed by atoms with Crippen molar-refractivity contribution >= 4 is 35.2 Å². The molecule has 0 saturated carbocycles. The summed E-state index contributed by atoms with van der Waals surface area (Å²) in [5.41, 5.74) is 2.12. The van der Waals surface area contributed by atoms with E-state index >= 15 is 0 Å². The third kappa shape index (κ3) is 7.75. The van der Waals surface area contributed by atoms with Gasteiger partial charge in [-0.05, 0) is 43.5 Å². The van der Waals surface area contributed by atoms with Crippen LogP contribution in [0.4, 0.5) is 0 Å². The minimum atomic E-state index is -0.534. The first kappa shape index (κ1) is 23.3. The van der Waals surface area contributed by atoms with Crippen molar-refractivity contribution in [1.82, 2.24) is 10.2 Å². The van der Waals surface area contributed by atoms with Gasteiger partial charge < -0.3 is 10.2 Å². The Bertz CT molecular complexity index is 783. The molecule has 0 saturated heterocycles. The van der Waals surface area contributed by atoms with Crippen LogP contribution in [0.3, 0.4) is 0 Å². The van der Waals surface area contributed by atoms with Crippen molar-refractivity contribution in [3.8, 4) is 0 Å². The van der Waals surface area contributed by atoms with E-state index in [9.17, 15) is 9.59 Å². The molecular formula is C23H29ClN2O2S. The first-order valence-electron chi connectivity index (χ1n) is 9.86. The molecule has 6 heteroatoms. The molecule has 1 N–H and O–H groups in total. The summed E-state index contributed by atoms with van der Waals surface area (Å²) in [5.74, 6) is 0.873. The molecule has 0 aromatic heterocycles. The topological polar surface area (TPSA) is 49.4 Å². The number of carbonyl (C=O) groups is 2. The summed E-state index contributed by atoms with van der Waals surface area (Å²) in [6.45, 7) is 6.20. The van der Waals surface area contributed by atoms with E-state index in [1.807, 2.05) is 68.4 Å². The lowest BCUT2D eigenvalue weighted by molar-refractivity contribution is -0.138. The zero-order chi connectivity index (χ0) is 21.2. The maximum absolute atomic E-state index is 13.0. The number of halogens is 1. The Labute approximate surface area is 183 Å². The highest BCUT2D eigenvalue weighted by molar-refractivity contribution is 7.99. The maximum Gasteiger partial charge on any atom is 0.242 e. The van der Waals surface area contributed by atoms with Crippen LogP contribution >= 0.6 is 23.4 Å². The predicted molar refractivity (Wildman–Crippen MR) is 122 cm³/mol. The van der Waals surface area contributed by atoms with E-state index in [0.29, 0.717) is 17.3 Å². The molecule has 0 bridgehead atoms. The Morgan fingerprint density at radius 3 is 2.31 bits per heavy atom. The number of thioether (sulfide) groups is 1. The lowest BCUT2D eigenvalue weighted by Crippen LogP contribution is -2.50. The first-order valence-corrected chi connectivity index (χ1v) is 11.4. The molecule has 2 rings (SSSR count). The number of hydrogen-bond acceptors (Lipinski definition) is 3. The van der Waals surface area contributed by atoms with Crippen molar-refractivity contribution in [2.75, 3.05) is 5.75 Å². The quantitative estimate of drug-likeness (QED) is 0.580. The molecule has 0 radical (unpaired) electrons. The third-order valence-corrected chi connectivity index (χ3v) is 6.01. The van der Waals surface area contributed by atoms with Crippen molar-refractivity contribution in [3.63, 3.8) is 0 Å². The minimum Gasteiger partial charge on any atom is -0.352 e. The van der Waals surface area contributed by atoms with Gasteiger partial charge in [-0.15, -0.1) is 11.8 Å². The molecule has 0 aliphatic rings. The number of carbonyl (C=O) groups excluding carboxylic acids is 2. The van der Waals surface area contributed by atoms with Gasteiger partial charge in [0.25, 0.3) is 0 Å². The summed E-state index contributed by atoms with van der Waals surface area (Å²) in [6, 6.07) is 16.9. The molecule has 4 nitrogen and oxygen atoms in total. The summed E-state index contributed by atoms with van der Waals surface area (Å²) in [6.07, 6.45) is 0.849. The van der Waals surface area contributed by atoms with E-state index in [1.54, 1.807) is 23.6 Å². The van der Waals surface area contributed by atoms with Gasteiger partial charge in [0.1, 0.15) is 6.04 Å². The Kier molecular flexibility index (Phi) is 9.55. The third-order valence-electron chi connectivity index (χ3n) is 4.77. The fourth-order valence-electron chi connectivity index (χ4n) is 2.75. The SMILES string of the molecule is CC[C@H](C)NC(=O)[C@@H](C)N(Cc1ccccc1)C(=O)CSCc1ccc(Cl)cc1. The molecule has 2 atom stereocenters. The normalized spacial score (nSPS) is 12.8. The number of nitrogens with zero attached hydrogens (tertiary/aromatic N) is 1. The highest BCUT2D eigenvalue weighted by Crippen LogP contribution is 2.18. The molecule has 156 valence electrons. The Balaban J connectivity index is 2.03. The summed E-state index contributed by atoms with van der Waals surface area (Å²) < 4.78 is 0. The van der Waals surface area contributed by atoms with E-state index in [2.05, 4.69) is 5.32 Å².